The molecule has 0 fully saturated rings. The normalized spacial score (nSPS) is 6.95. The van der Waals surface area contributed by atoms with Crippen LogP contribution >= 0.6 is 0 Å². The van der Waals surface area contributed by atoms with Crippen LogP contribution in [0.2, 0.25) is 0 Å². The fraction of sp³-hybridized carbons (Fsp3) is 0.204. The Balaban J connectivity index is 4.48. The van der Waals surface area contributed by atoms with Crippen LogP contribution in [0.4, 0.5) is 0 Å². The lowest BCUT2D eigenvalue weighted by Crippen LogP contribution is -2.43. The second-order valence-electron chi connectivity index (χ2n) is 10.0. The minimum absolute atomic E-state index is 0.0252. The molecule has 0 radical (unpaired) electrons. The van der Waals surface area contributed by atoms with Gasteiger partial charge < -0.3 is 10.6 Å². The number of aliphatic imine (C=N–C) groups is 2. The van der Waals surface area contributed by atoms with Crippen molar-refractivity contribution in [2.75, 3.05) is 26.3 Å². The molecule has 0 bridgehead atoms. The van der Waals surface area contributed by atoms with Crippen LogP contribution in [0.3, 0.4) is 0 Å². The predicted molar refractivity (Wildman–Crippen MR) is 220 cm³/mol. The van der Waals surface area contributed by atoms with Crippen LogP contribution in [0.15, 0.2) is 9.98 Å². The third-order valence-corrected chi connectivity index (χ3v) is 4.91. The number of carbonyl (C=O) groups is 2. The number of nitrogens with one attached hydrogen (secondary N) is 2. The van der Waals surface area contributed by atoms with E-state index >= 15 is 0 Å². The van der Waals surface area contributed by atoms with Gasteiger partial charge in [-0.15, -0.1) is 12.8 Å². The van der Waals surface area contributed by atoms with Crippen LogP contribution in [0.5, 0.6) is 0 Å². The highest BCUT2D eigenvalue weighted by Gasteiger charge is 2.28. The second-order valence-corrected chi connectivity index (χ2v) is 10.0. The monoisotopic (exact) mass is 764 g/mol. The summed E-state index contributed by atoms with van der Waals surface area (Å²) in [6.45, 7) is 6.27. The minimum Gasteiger partial charge on any atom is -0.352 e. The summed E-state index contributed by atoms with van der Waals surface area (Å²) in [5, 5.41) is 5.25. The Bertz CT molecular complexity index is 2630. The largest absolute Gasteiger partial charge is 0.352 e. The molecule has 0 unspecified atom stereocenters. The molecule has 0 rings (SSSR count). The van der Waals surface area contributed by atoms with Crippen molar-refractivity contribution in [3.8, 4) is 215 Å². The zero-order valence-electron chi connectivity index (χ0n) is 31.8. The molecule has 0 saturated carbocycles. The zero-order valence-corrected chi connectivity index (χ0v) is 31.8. The average molecular weight is 765 g/mol. The molecule has 0 heterocycles. The van der Waals surface area contributed by atoms with Gasteiger partial charge in [-0.25, -0.2) is 9.98 Å². The minimum atomic E-state index is -1.26. The molecule has 0 aromatic rings. The van der Waals surface area contributed by atoms with E-state index in [0.29, 0.717) is 0 Å². The van der Waals surface area contributed by atoms with Gasteiger partial charge in [0.05, 0.1) is 6.01 Å². The molecular formula is C49H24N4O6. The first-order valence-electron chi connectivity index (χ1n) is 15.9. The van der Waals surface area contributed by atoms with E-state index in [1.54, 1.807) is 27.7 Å². The van der Waals surface area contributed by atoms with E-state index in [-0.39, 0.29) is 26.3 Å². The topological polar surface area (TPSA) is 120 Å². The Labute approximate surface area is 346 Å². The van der Waals surface area contributed by atoms with Crippen molar-refractivity contribution in [2.24, 2.45) is 9.98 Å². The molecule has 2 amide bonds. The summed E-state index contributed by atoms with van der Waals surface area (Å²) < 4.78 is 0. The SMILES string of the molecule is C#CC#CC#CC#CC#CC#CC#CC#CC#COOCCNC(=O)C(C)(C)N=C=NC(C)(C)C(=O)NCCOOC#CC#CC#CC#CC#CC#CC#CC#CC#C. The number of hydrogen-bond donors (Lipinski definition) is 2. The van der Waals surface area contributed by atoms with Crippen molar-refractivity contribution >= 4 is 17.8 Å². The molecule has 0 spiro atoms. The highest BCUT2D eigenvalue weighted by atomic mass is 17.2. The van der Waals surface area contributed by atoms with Crippen molar-refractivity contribution in [3.63, 3.8) is 0 Å². The Morgan fingerprint density at radius 3 is 0.915 bits per heavy atom. The summed E-state index contributed by atoms with van der Waals surface area (Å²) in [7, 11) is 0. The number of terminal acetylenes is 2. The Hall–Kier alpha value is -10.1. The van der Waals surface area contributed by atoms with Crippen molar-refractivity contribution < 1.29 is 29.1 Å². The van der Waals surface area contributed by atoms with Gasteiger partial charge in [-0.2, -0.15) is 9.78 Å². The summed E-state index contributed by atoms with van der Waals surface area (Å²) >= 11 is 0. The van der Waals surface area contributed by atoms with E-state index in [9.17, 15) is 9.59 Å². The summed E-state index contributed by atoms with van der Waals surface area (Å²) in [6.07, 6.45) is 14.3. The highest BCUT2D eigenvalue weighted by Crippen LogP contribution is 2.10. The number of carbonyl (C=O) groups excluding carboxylic acids is 2. The van der Waals surface area contributed by atoms with E-state index in [4.69, 9.17) is 22.6 Å². The molecule has 0 aliphatic heterocycles. The molecule has 0 aromatic carbocycles. The Kier molecular flexibility index (Phi) is 29.0. The van der Waals surface area contributed by atoms with Gasteiger partial charge in [0.25, 0.3) is 0 Å². The molecule has 0 aliphatic carbocycles. The number of amides is 2. The van der Waals surface area contributed by atoms with Gasteiger partial charge in [-0.3, -0.25) is 19.4 Å². The smallest absolute Gasteiger partial charge is 0.248 e. The van der Waals surface area contributed by atoms with E-state index in [0.717, 1.165) is 0 Å². The van der Waals surface area contributed by atoms with E-state index in [1.165, 1.54) is 0 Å². The number of nitrogens with zero attached hydrogens (tertiary/aromatic N) is 2. The van der Waals surface area contributed by atoms with Crippen molar-refractivity contribution in [2.45, 2.75) is 38.8 Å². The van der Waals surface area contributed by atoms with Gasteiger partial charge >= 0.3 is 0 Å². The Morgan fingerprint density at radius 2 is 0.661 bits per heavy atom. The van der Waals surface area contributed by atoms with Crippen molar-refractivity contribution in [3.05, 3.63) is 0 Å². The lowest BCUT2D eigenvalue weighted by Gasteiger charge is -2.18. The Morgan fingerprint density at radius 1 is 0.424 bits per heavy atom. The average Bonchev–Trinajstić information content (AvgIpc) is 3.21. The van der Waals surface area contributed by atoms with Crippen LogP contribution in [0, 0.1) is 215 Å². The maximum absolute atomic E-state index is 12.5. The lowest BCUT2D eigenvalue weighted by atomic mass is 10.1. The van der Waals surface area contributed by atoms with Gasteiger partial charge in [0, 0.05) is 108 Å². The summed E-state index contributed by atoms with van der Waals surface area (Å²) in [6, 6.07) is 2.43. The number of hydrogen-bond acceptors (Lipinski definition) is 8. The first kappa shape index (κ1) is 48.9. The lowest BCUT2D eigenvalue weighted by molar-refractivity contribution is -0.234. The number of rotatable bonds is 12. The van der Waals surface area contributed by atoms with Gasteiger partial charge in [-0.1, -0.05) is 0 Å². The summed E-state index contributed by atoms with van der Waals surface area (Å²) in [4.78, 5) is 52.2. The predicted octanol–water partition coefficient (Wildman–Crippen LogP) is 0.0821. The molecular weight excluding hydrogens is 741 g/mol. The molecule has 10 heteroatoms. The van der Waals surface area contributed by atoms with E-state index < -0.39 is 22.9 Å². The molecule has 2 N–H and O–H groups in total. The maximum Gasteiger partial charge on any atom is 0.248 e. The fourth-order valence-electron chi connectivity index (χ4n) is 2.34. The van der Waals surface area contributed by atoms with Gasteiger partial charge in [-0.05, 0) is 122 Å². The third kappa shape index (κ3) is 32.3. The molecule has 0 aromatic heterocycles. The quantitative estimate of drug-likeness (QED) is 0.0957. The molecule has 59 heavy (non-hydrogen) atoms. The van der Waals surface area contributed by atoms with E-state index in [1.807, 2.05) is 0 Å². The van der Waals surface area contributed by atoms with Gasteiger partial charge in [0.1, 0.15) is 24.3 Å². The summed E-state index contributed by atoms with van der Waals surface area (Å²) in [5.74, 6) is 76.4. The first-order valence-corrected chi connectivity index (χ1v) is 15.9. The molecule has 0 aliphatic rings. The van der Waals surface area contributed by atoms with Crippen LogP contribution in [0.1, 0.15) is 27.7 Å². The summed E-state index contributed by atoms with van der Waals surface area (Å²) in [5.41, 5.74) is -2.52. The highest BCUT2D eigenvalue weighted by molar-refractivity contribution is 5.88. The molecule has 276 valence electrons. The van der Waals surface area contributed by atoms with Crippen LogP contribution in [-0.2, 0) is 29.1 Å². The van der Waals surface area contributed by atoms with E-state index in [2.05, 4.69) is 238 Å². The van der Waals surface area contributed by atoms with Gasteiger partial charge in [0.2, 0.25) is 11.8 Å². The molecule has 0 atom stereocenters. The fourth-order valence-corrected chi connectivity index (χ4v) is 2.34. The van der Waals surface area contributed by atoms with Crippen LogP contribution in [-0.4, -0.2) is 55.2 Å². The first-order chi connectivity index (χ1) is 28.7. The maximum atomic E-state index is 12.5. The van der Waals surface area contributed by atoms with Crippen molar-refractivity contribution in [1.29, 1.82) is 0 Å². The van der Waals surface area contributed by atoms with Crippen molar-refractivity contribution in [1.82, 2.24) is 10.6 Å². The second kappa shape index (κ2) is 35.0. The zero-order chi connectivity index (χ0) is 43.4. The molecule has 0 saturated heterocycles. The van der Waals surface area contributed by atoms with Crippen LogP contribution < -0.4 is 10.6 Å². The molecule has 10 nitrogen and oxygen atoms in total. The van der Waals surface area contributed by atoms with Crippen LogP contribution in [0.25, 0.3) is 0 Å². The third-order valence-electron chi connectivity index (χ3n) is 4.91. The standard InChI is InChI=1S/C49H24N4O6/c1-7-9-11-13-15-17-19-21-23-25-27-29-31-33-35-37-41-56-58-43-39-50-46(54)48(3,4)52-45-53-49(5,6)47(55)51-40-44-59-57-42-38-36-34-32-30-28-26-24-22-20-18-16-14-12-10-8-2/h1-2H,39-40,43-44H2,3-6H3,(H,50,54)(H,51,55). The van der Waals surface area contributed by atoms with Gasteiger partial charge in [0.15, 0.2) is 12.2 Å².